The van der Waals surface area contributed by atoms with E-state index in [2.05, 4.69) is 10.6 Å². The number of para-hydroxylation sites is 1. The van der Waals surface area contributed by atoms with Crippen molar-refractivity contribution in [2.75, 3.05) is 18.4 Å². The molecule has 22 heavy (non-hydrogen) atoms. The summed E-state index contributed by atoms with van der Waals surface area (Å²) < 4.78 is 13.5. The predicted octanol–water partition coefficient (Wildman–Crippen LogP) is 2.35. The summed E-state index contributed by atoms with van der Waals surface area (Å²) in [6, 6.07) is 5.68. The molecule has 1 saturated carbocycles. The van der Waals surface area contributed by atoms with Crippen LogP contribution in [0.5, 0.6) is 0 Å². The molecule has 0 spiro atoms. The molecule has 0 aromatic heterocycles. The Bertz CT molecular complexity index is 566. The monoisotopic (exact) mass is 305 g/mol. The van der Waals surface area contributed by atoms with Crippen molar-refractivity contribution in [1.29, 1.82) is 0 Å². The molecule has 1 aromatic rings. The first-order valence-corrected chi connectivity index (χ1v) is 7.74. The second-order valence-electron chi connectivity index (χ2n) is 5.95. The van der Waals surface area contributed by atoms with E-state index in [1.54, 1.807) is 12.1 Å². The van der Waals surface area contributed by atoms with Crippen LogP contribution in [0.2, 0.25) is 0 Å². The zero-order valence-corrected chi connectivity index (χ0v) is 12.3. The number of anilines is 1. The van der Waals surface area contributed by atoms with Gasteiger partial charge in [-0.2, -0.15) is 0 Å². The third-order valence-electron chi connectivity index (χ3n) is 4.19. The Morgan fingerprint density at radius 3 is 2.41 bits per heavy atom. The Kier molecular flexibility index (Phi) is 4.27. The number of nitrogens with one attached hydrogen (secondary N) is 2. The first-order valence-electron chi connectivity index (χ1n) is 7.74. The van der Waals surface area contributed by atoms with Crippen LogP contribution in [0.1, 0.15) is 25.7 Å². The maximum Gasteiger partial charge on any atom is 0.319 e. The SMILES string of the molecule is O=C(Nc1ccccc1F)NC1CCN(C(=O)C2CC2)CC1. The fraction of sp³-hybridized carbons (Fsp3) is 0.500. The number of hydrogen-bond acceptors (Lipinski definition) is 2. The van der Waals surface area contributed by atoms with E-state index in [0.717, 1.165) is 25.7 Å². The standard InChI is InChI=1S/C16H20FN3O2/c17-13-3-1-2-4-14(13)19-16(22)18-12-7-9-20(10-8-12)15(21)11-5-6-11/h1-4,11-12H,5-10H2,(H2,18,19,22). The normalized spacial score (nSPS) is 18.9. The van der Waals surface area contributed by atoms with E-state index in [1.807, 2.05) is 4.90 Å². The van der Waals surface area contributed by atoms with Gasteiger partial charge in [-0.05, 0) is 37.8 Å². The maximum absolute atomic E-state index is 13.5. The Hall–Kier alpha value is -2.11. The fourth-order valence-electron chi connectivity index (χ4n) is 2.74. The highest BCUT2D eigenvalue weighted by molar-refractivity contribution is 5.89. The molecule has 2 fully saturated rings. The first kappa shape index (κ1) is 14.8. The second kappa shape index (κ2) is 6.34. The van der Waals surface area contributed by atoms with E-state index in [4.69, 9.17) is 0 Å². The van der Waals surface area contributed by atoms with E-state index >= 15 is 0 Å². The minimum atomic E-state index is -0.456. The number of urea groups is 1. The fourth-order valence-corrected chi connectivity index (χ4v) is 2.74. The van der Waals surface area contributed by atoms with Gasteiger partial charge in [-0.3, -0.25) is 4.79 Å². The number of likely N-dealkylation sites (tertiary alicyclic amines) is 1. The number of hydrogen-bond donors (Lipinski definition) is 2. The topological polar surface area (TPSA) is 61.4 Å². The van der Waals surface area contributed by atoms with Gasteiger partial charge in [0.15, 0.2) is 0 Å². The number of benzene rings is 1. The van der Waals surface area contributed by atoms with Crippen LogP contribution in [0, 0.1) is 11.7 Å². The van der Waals surface area contributed by atoms with Crippen LogP contribution >= 0.6 is 0 Å². The predicted molar refractivity (Wildman–Crippen MR) is 80.9 cm³/mol. The molecule has 2 aliphatic rings. The summed E-state index contributed by atoms with van der Waals surface area (Å²) in [4.78, 5) is 25.7. The van der Waals surface area contributed by atoms with E-state index in [-0.39, 0.29) is 23.6 Å². The molecule has 1 heterocycles. The number of amides is 3. The van der Waals surface area contributed by atoms with Crippen LogP contribution in [0.15, 0.2) is 24.3 Å². The number of halogens is 1. The van der Waals surface area contributed by atoms with Crippen LogP contribution in [0.25, 0.3) is 0 Å². The molecule has 3 amide bonds. The van der Waals surface area contributed by atoms with Gasteiger partial charge in [-0.15, -0.1) is 0 Å². The van der Waals surface area contributed by atoms with Gasteiger partial charge in [0.25, 0.3) is 0 Å². The lowest BCUT2D eigenvalue weighted by Gasteiger charge is -2.32. The van der Waals surface area contributed by atoms with Crippen molar-refractivity contribution < 1.29 is 14.0 Å². The number of carbonyl (C=O) groups excluding carboxylic acids is 2. The number of piperidine rings is 1. The third-order valence-corrected chi connectivity index (χ3v) is 4.19. The smallest absolute Gasteiger partial charge is 0.319 e. The van der Waals surface area contributed by atoms with Crippen molar-refractivity contribution in [2.24, 2.45) is 5.92 Å². The van der Waals surface area contributed by atoms with E-state index in [0.29, 0.717) is 13.1 Å². The van der Waals surface area contributed by atoms with Gasteiger partial charge in [0, 0.05) is 25.0 Å². The lowest BCUT2D eigenvalue weighted by molar-refractivity contribution is -0.133. The Balaban J connectivity index is 1.45. The van der Waals surface area contributed by atoms with Crippen molar-refractivity contribution in [3.05, 3.63) is 30.1 Å². The van der Waals surface area contributed by atoms with Crippen LogP contribution < -0.4 is 10.6 Å². The highest BCUT2D eigenvalue weighted by Gasteiger charge is 2.35. The molecule has 0 radical (unpaired) electrons. The van der Waals surface area contributed by atoms with Gasteiger partial charge in [0.1, 0.15) is 5.82 Å². The number of nitrogens with zero attached hydrogens (tertiary/aromatic N) is 1. The van der Waals surface area contributed by atoms with Gasteiger partial charge < -0.3 is 15.5 Å². The molecule has 0 bridgehead atoms. The van der Waals surface area contributed by atoms with Crippen LogP contribution in [-0.2, 0) is 4.79 Å². The van der Waals surface area contributed by atoms with Gasteiger partial charge in [0.2, 0.25) is 5.91 Å². The zero-order valence-electron chi connectivity index (χ0n) is 12.3. The minimum Gasteiger partial charge on any atom is -0.342 e. The lowest BCUT2D eigenvalue weighted by Crippen LogP contribution is -2.48. The van der Waals surface area contributed by atoms with Crippen LogP contribution in [0.4, 0.5) is 14.9 Å². The molecule has 0 atom stereocenters. The summed E-state index contributed by atoms with van der Waals surface area (Å²) >= 11 is 0. The highest BCUT2D eigenvalue weighted by Crippen LogP contribution is 2.31. The highest BCUT2D eigenvalue weighted by atomic mass is 19.1. The summed E-state index contributed by atoms with van der Waals surface area (Å²) in [5, 5.41) is 5.36. The van der Waals surface area contributed by atoms with Gasteiger partial charge in [-0.1, -0.05) is 12.1 Å². The quantitative estimate of drug-likeness (QED) is 0.900. The summed E-state index contributed by atoms with van der Waals surface area (Å²) in [5.41, 5.74) is 0.168. The molecule has 1 aliphatic carbocycles. The molecule has 1 saturated heterocycles. The second-order valence-corrected chi connectivity index (χ2v) is 5.95. The molecular weight excluding hydrogens is 285 g/mol. The van der Waals surface area contributed by atoms with E-state index in [9.17, 15) is 14.0 Å². The van der Waals surface area contributed by atoms with Crippen LogP contribution in [0.3, 0.4) is 0 Å². The van der Waals surface area contributed by atoms with Gasteiger partial charge in [0.05, 0.1) is 5.69 Å². The summed E-state index contributed by atoms with van der Waals surface area (Å²) in [7, 11) is 0. The van der Waals surface area contributed by atoms with E-state index in [1.165, 1.54) is 12.1 Å². The summed E-state index contributed by atoms with van der Waals surface area (Å²) in [5.74, 6) is 0.0469. The van der Waals surface area contributed by atoms with Crippen molar-refractivity contribution in [2.45, 2.75) is 31.7 Å². The molecular formula is C16H20FN3O2. The van der Waals surface area contributed by atoms with Crippen molar-refractivity contribution in [1.82, 2.24) is 10.2 Å². The molecule has 1 aliphatic heterocycles. The van der Waals surface area contributed by atoms with E-state index < -0.39 is 11.8 Å². The molecule has 6 heteroatoms. The number of rotatable bonds is 3. The van der Waals surface area contributed by atoms with Gasteiger partial charge >= 0.3 is 6.03 Å². The lowest BCUT2D eigenvalue weighted by atomic mass is 10.0. The Morgan fingerprint density at radius 2 is 1.77 bits per heavy atom. The van der Waals surface area contributed by atoms with Crippen molar-refractivity contribution >= 4 is 17.6 Å². The Labute approximate surface area is 128 Å². The summed E-state index contributed by atoms with van der Waals surface area (Å²) in [6.45, 7) is 1.36. The Morgan fingerprint density at radius 1 is 1.09 bits per heavy atom. The van der Waals surface area contributed by atoms with Crippen molar-refractivity contribution in [3.63, 3.8) is 0 Å². The largest absolute Gasteiger partial charge is 0.342 e. The molecule has 1 aromatic carbocycles. The summed E-state index contributed by atoms with van der Waals surface area (Å²) in [6.07, 6.45) is 3.51. The van der Waals surface area contributed by atoms with Gasteiger partial charge in [-0.25, -0.2) is 9.18 Å². The van der Waals surface area contributed by atoms with Crippen LogP contribution in [-0.4, -0.2) is 36.0 Å². The average Bonchev–Trinajstić information content (AvgIpc) is 3.34. The number of carbonyl (C=O) groups is 2. The molecule has 3 rings (SSSR count). The average molecular weight is 305 g/mol. The minimum absolute atomic E-state index is 0.0232. The molecule has 5 nitrogen and oxygen atoms in total. The first-order chi connectivity index (χ1) is 10.6. The molecule has 118 valence electrons. The zero-order chi connectivity index (χ0) is 15.5. The molecule has 2 N–H and O–H groups in total. The van der Waals surface area contributed by atoms with Crippen molar-refractivity contribution in [3.8, 4) is 0 Å². The maximum atomic E-state index is 13.5. The molecule has 0 unspecified atom stereocenters. The third kappa shape index (κ3) is 3.55.